The van der Waals surface area contributed by atoms with Crippen LogP contribution in [0.1, 0.15) is 36.5 Å². The number of carbonyl (C=O) groups excluding carboxylic acids is 1. The number of hydrogen-bond donors (Lipinski definition) is 2. The summed E-state index contributed by atoms with van der Waals surface area (Å²) in [4.78, 5) is 24.7. The smallest absolute Gasteiger partial charge is 0.309 e. The van der Waals surface area contributed by atoms with Crippen molar-refractivity contribution in [3.8, 4) is 0 Å². The van der Waals surface area contributed by atoms with Gasteiger partial charge < -0.3 is 10.4 Å². The Labute approximate surface area is 183 Å². The Morgan fingerprint density at radius 3 is 2.45 bits per heavy atom. The predicted octanol–water partition coefficient (Wildman–Crippen LogP) is 5.70. The molecule has 0 spiro atoms. The molecule has 0 aromatic heterocycles. The highest BCUT2D eigenvalue weighted by molar-refractivity contribution is 14.1. The molecule has 4 nitrogen and oxygen atoms in total. The lowest BCUT2D eigenvalue weighted by Crippen LogP contribution is -2.24. The van der Waals surface area contributed by atoms with Gasteiger partial charge in [-0.25, -0.2) is 13.2 Å². The van der Waals surface area contributed by atoms with Crippen LogP contribution < -0.4 is 5.32 Å². The number of nitrogens with one attached hydrogen (secondary N) is 1. The Kier molecular flexibility index (Phi) is 6.47. The van der Waals surface area contributed by atoms with Crippen LogP contribution in [0.3, 0.4) is 0 Å². The van der Waals surface area contributed by atoms with E-state index < -0.39 is 34.7 Å². The quantitative estimate of drug-likeness (QED) is 0.381. The number of hydrogen-bond acceptors (Lipinski definition) is 3. The number of rotatable bonds is 5. The molecule has 2 atom stereocenters. The van der Waals surface area contributed by atoms with Crippen LogP contribution in [0.25, 0.3) is 0 Å². The molecule has 1 aliphatic rings. The molecule has 3 rings (SSSR count). The van der Waals surface area contributed by atoms with E-state index >= 15 is 0 Å². The minimum absolute atomic E-state index is 0.114. The van der Waals surface area contributed by atoms with Crippen molar-refractivity contribution >= 4 is 51.9 Å². The van der Waals surface area contributed by atoms with E-state index in [0.717, 1.165) is 14.9 Å². The number of aliphatic carboxylic acids is 1. The van der Waals surface area contributed by atoms with Gasteiger partial charge in [-0.05, 0) is 67.0 Å². The van der Waals surface area contributed by atoms with E-state index in [0.29, 0.717) is 25.0 Å². The highest BCUT2D eigenvalue weighted by Crippen LogP contribution is 2.46. The van der Waals surface area contributed by atoms with E-state index in [9.17, 15) is 27.9 Å². The maximum Gasteiger partial charge on any atom is 0.309 e. The van der Waals surface area contributed by atoms with Crippen LogP contribution in [0.15, 0.2) is 35.2 Å². The Bertz CT molecular complexity index is 964. The standard InChI is InChI=1S/C20H17F3INO3S/c1-20(19(27)28)5-4-12(9-20)29-16-6-10(2-3-15(16)24)18(26)25-11-7-13(21)17(23)14(22)8-11/h2-3,6-8,12H,4-5,9H2,1H3,(H,25,26)(H,27,28). The Morgan fingerprint density at radius 1 is 1.21 bits per heavy atom. The number of anilines is 1. The van der Waals surface area contributed by atoms with Gasteiger partial charge in [0.25, 0.3) is 5.91 Å². The third-order valence-corrected chi connectivity index (χ3v) is 7.58. The molecule has 2 unspecified atom stereocenters. The van der Waals surface area contributed by atoms with Crippen LogP contribution in [0, 0.1) is 26.4 Å². The highest BCUT2D eigenvalue weighted by Gasteiger charge is 2.41. The first-order valence-electron chi connectivity index (χ1n) is 8.74. The SMILES string of the molecule is CC1(C(=O)O)CCC(Sc2cc(C(=O)Nc3cc(F)c(F)c(F)c3)ccc2I)C1. The van der Waals surface area contributed by atoms with Crippen LogP contribution >= 0.6 is 34.4 Å². The van der Waals surface area contributed by atoms with Crippen LogP contribution in [0.4, 0.5) is 18.9 Å². The third kappa shape index (κ3) is 4.88. The van der Waals surface area contributed by atoms with E-state index in [1.807, 2.05) is 0 Å². The van der Waals surface area contributed by atoms with Crippen molar-refractivity contribution < 1.29 is 27.9 Å². The number of amides is 1. The van der Waals surface area contributed by atoms with E-state index in [1.54, 1.807) is 25.1 Å². The number of benzene rings is 2. The molecule has 0 aliphatic heterocycles. The zero-order chi connectivity index (χ0) is 21.3. The molecule has 1 amide bonds. The zero-order valence-corrected chi connectivity index (χ0v) is 18.2. The van der Waals surface area contributed by atoms with Gasteiger partial charge in [-0.15, -0.1) is 11.8 Å². The molecule has 0 saturated heterocycles. The lowest BCUT2D eigenvalue weighted by molar-refractivity contribution is -0.147. The molecule has 154 valence electrons. The molecule has 0 heterocycles. The summed E-state index contributed by atoms with van der Waals surface area (Å²) < 4.78 is 40.7. The fourth-order valence-corrected chi connectivity index (χ4v) is 5.36. The van der Waals surface area contributed by atoms with Crippen LogP contribution in [-0.2, 0) is 4.79 Å². The number of thioether (sulfide) groups is 1. The molecule has 1 saturated carbocycles. The fraction of sp³-hybridized carbons (Fsp3) is 0.300. The van der Waals surface area contributed by atoms with E-state index in [1.165, 1.54) is 11.8 Å². The van der Waals surface area contributed by atoms with E-state index in [4.69, 9.17) is 0 Å². The molecule has 2 aromatic rings. The van der Waals surface area contributed by atoms with E-state index in [-0.39, 0.29) is 16.5 Å². The zero-order valence-electron chi connectivity index (χ0n) is 15.3. The molecule has 1 aliphatic carbocycles. The summed E-state index contributed by atoms with van der Waals surface area (Å²) >= 11 is 3.66. The summed E-state index contributed by atoms with van der Waals surface area (Å²) in [5, 5.41) is 11.9. The third-order valence-electron chi connectivity index (χ3n) is 4.94. The minimum atomic E-state index is -1.60. The summed E-state index contributed by atoms with van der Waals surface area (Å²) in [5.74, 6) is -5.76. The second kappa shape index (κ2) is 8.55. The molecule has 2 aromatic carbocycles. The minimum Gasteiger partial charge on any atom is -0.481 e. The first kappa shape index (κ1) is 21.9. The summed E-state index contributed by atoms with van der Waals surface area (Å²) in [5.41, 5.74) is -0.654. The Morgan fingerprint density at radius 2 is 1.86 bits per heavy atom. The van der Waals surface area contributed by atoms with E-state index in [2.05, 4.69) is 27.9 Å². The van der Waals surface area contributed by atoms with Gasteiger partial charge in [0.2, 0.25) is 0 Å². The molecule has 1 fully saturated rings. The summed E-state index contributed by atoms with van der Waals surface area (Å²) in [6.45, 7) is 1.74. The van der Waals surface area contributed by atoms with Gasteiger partial charge in [-0.1, -0.05) is 0 Å². The van der Waals surface area contributed by atoms with Crippen molar-refractivity contribution in [3.63, 3.8) is 0 Å². The summed E-state index contributed by atoms with van der Waals surface area (Å²) in [6.07, 6.45) is 1.89. The highest BCUT2D eigenvalue weighted by atomic mass is 127. The Balaban J connectivity index is 1.75. The lowest BCUT2D eigenvalue weighted by Gasteiger charge is -2.18. The van der Waals surface area contributed by atoms with Gasteiger partial charge in [0.15, 0.2) is 17.5 Å². The average molecular weight is 535 g/mol. The topological polar surface area (TPSA) is 66.4 Å². The number of carbonyl (C=O) groups is 2. The molecule has 29 heavy (non-hydrogen) atoms. The molecular weight excluding hydrogens is 518 g/mol. The predicted molar refractivity (Wildman–Crippen MR) is 113 cm³/mol. The summed E-state index contributed by atoms with van der Waals surface area (Å²) in [6, 6.07) is 6.41. The number of carboxylic acid groups (broad SMARTS) is 1. The van der Waals surface area contributed by atoms with Gasteiger partial charge in [0.1, 0.15) is 0 Å². The van der Waals surface area contributed by atoms with Gasteiger partial charge in [-0.2, -0.15) is 0 Å². The first-order valence-corrected chi connectivity index (χ1v) is 10.7. The molecule has 0 radical (unpaired) electrons. The van der Waals surface area contributed by atoms with Crippen molar-refractivity contribution in [3.05, 3.63) is 56.9 Å². The van der Waals surface area contributed by atoms with Gasteiger partial charge in [0, 0.05) is 37.1 Å². The van der Waals surface area contributed by atoms with Crippen molar-refractivity contribution in [1.82, 2.24) is 0 Å². The molecule has 0 bridgehead atoms. The second-order valence-electron chi connectivity index (χ2n) is 7.20. The monoisotopic (exact) mass is 535 g/mol. The molecule has 2 N–H and O–H groups in total. The lowest BCUT2D eigenvalue weighted by atomic mass is 9.89. The van der Waals surface area contributed by atoms with Gasteiger partial charge >= 0.3 is 5.97 Å². The second-order valence-corrected chi connectivity index (χ2v) is 9.71. The Hall–Kier alpha value is -1.75. The molecular formula is C20H17F3INO3S. The number of carboxylic acids is 1. The van der Waals surface area contributed by atoms with Gasteiger partial charge in [0.05, 0.1) is 5.41 Å². The summed E-state index contributed by atoms with van der Waals surface area (Å²) in [7, 11) is 0. The average Bonchev–Trinajstić information content (AvgIpc) is 3.03. The van der Waals surface area contributed by atoms with Crippen molar-refractivity contribution in [2.45, 2.75) is 36.3 Å². The van der Waals surface area contributed by atoms with Gasteiger partial charge in [-0.3, -0.25) is 9.59 Å². The first-order chi connectivity index (χ1) is 13.6. The van der Waals surface area contributed by atoms with Crippen molar-refractivity contribution in [1.29, 1.82) is 0 Å². The number of halogens is 4. The normalized spacial score (nSPS) is 21.2. The maximum absolute atomic E-state index is 13.3. The van der Waals surface area contributed by atoms with Crippen LogP contribution in [-0.4, -0.2) is 22.2 Å². The van der Waals surface area contributed by atoms with Crippen LogP contribution in [0.2, 0.25) is 0 Å². The van der Waals surface area contributed by atoms with Crippen LogP contribution in [0.5, 0.6) is 0 Å². The van der Waals surface area contributed by atoms with Crippen molar-refractivity contribution in [2.75, 3.05) is 5.32 Å². The molecule has 9 heteroatoms. The maximum atomic E-state index is 13.3. The fourth-order valence-electron chi connectivity index (χ4n) is 3.23. The van der Waals surface area contributed by atoms with Crippen molar-refractivity contribution in [2.24, 2.45) is 5.41 Å². The largest absolute Gasteiger partial charge is 0.481 e.